The van der Waals surface area contributed by atoms with Crippen LogP contribution in [-0.4, -0.2) is 74.2 Å². The standard InChI is InChI=1S/C24H35N5O2/c1-27-10-12-29(13-11-27)24(30)15-19-8-9-25-17-20(19)14-21-16-23(31-26-21)18-28(2)22-6-4-3-5-7-22/h3-7,16,19-20,25H,8-15,17-18H2,1-2H3/t19-,20-/m0/s1. The van der Waals surface area contributed by atoms with E-state index in [4.69, 9.17) is 4.52 Å². The van der Waals surface area contributed by atoms with Gasteiger partial charge in [-0.05, 0) is 56.9 Å². The van der Waals surface area contributed by atoms with Crippen molar-refractivity contribution >= 4 is 11.6 Å². The van der Waals surface area contributed by atoms with Crippen molar-refractivity contribution in [1.82, 2.24) is 20.3 Å². The third kappa shape index (κ3) is 5.86. The molecule has 0 bridgehead atoms. The summed E-state index contributed by atoms with van der Waals surface area (Å²) in [7, 11) is 4.18. The molecule has 31 heavy (non-hydrogen) atoms. The van der Waals surface area contributed by atoms with Crippen molar-refractivity contribution in [3.8, 4) is 0 Å². The van der Waals surface area contributed by atoms with Gasteiger partial charge in [0.2, 0.25) is 5.91 Å². The molecule has 3 heterocycles. The molecule has 0 saturated carbocycles. The maximum atomic E-state index is 12.9. The highest BCUT2D eigenvalue weighted by Crippen LogP contribution is 2.27. The highest BCUT2D eigenvalue weighted by Gasteiger charge is 2.30. The molecule has 4 rings (SSSR count). The maximum absolute atomic E-state index is 12.9. The Bertz CT molecular complexity index is 832. The van der Waals surface area contributed by atoms with E-state index < -0.39 is 0 Å². The van der Waals surface area contributed by atoms with E-state index in [9.17, 15) is 4.79 Å². The Morgan fingerprint density at radius 1 is 1.19 bits per heavy atom. The summed E-state index contributed by atoms with van der Waals surface area (Å²) in [4.78, 5) is 19.4. The number of carbonyl (C=O) groups is 1. The number of para-hydroxylation sites is 1. The van der Waals surface area contributed by atoms with Crippen molar-refractivity contribution < 1.29 is 9.32 Å². The topological polar surface area (TPSA) is 64.8 Å². The lowest BCUT2D eigenvalue weighted by Gasteiger charge is -2.36. The summed E-state index contributed by atoms with van der Waals surface area (Å²) in [5, 5.41) is 7.84. The molecular formula is C24H35N5O2. The number of piperazine rings is 1. The van der Waals surface area contributed by atoms with Gasteiger partial charge >= 0.3 is 0 Å². The van der Waals surface area contributed by atoms with Crippen molar-refractivity contribution in [3.05, 3.63) is 47.9 Å². The Hall–Kier alpha value is -2.38. The number of rotatable bonds is 7. The molecule has 2 aliphatic heterocycles. The van der Waals surface area contributed by atoms with E-state index in [1.807, 2.05) is 23.1 Å². The van der Waals surface area contributed by atoms with Crippen LogP contribution in [0.3, 0.4) is 0 Å². The lowest BCUT2D eigenvalue weighted by Crippen LogP contribution is -2.48. The minimum Gasteiger partial charge on any atom is -0.367 e. The zero-order valence-corrected chi connectivity index (χ0v) is 18.8. The van der Waals surface area contributed by atoms with Gasteiger partial charge in [-0.1, -0.05) is 23.4 Å². The van der Waals surface area contributed by atoms with Gasteiger partial charge in [-0.3, -0.25) is 4.79 Å². The Morgan fingerprint density at radius 3 is 2.74 bits per heavy atom. The van der Waals surface area contributed by atoms with Crippen molar-refractivity contribution in [1.29, 1.82) is 0 Å². The van der Waals surface area contributed by atoms with Crippen molar-refractivity contribution in [2.75, 3.05) is 58.3 Å². The van der Waals surface area contributed by atoms with Gasteiger partial charge in [0, 0.05) is 51.4 Å². The fourth-order valence-electron chi connectivity index (χ4n) is 4.70. The first-order valence-corrected chi connectivity index (χ1v) is 11.5. The molecule has 1 amide bonds. The second kappa shape index (κ2) is 10.3. The van der Waals surface area contributed by atoms with Gasteiger partial charge in [-0.2, -0.15) is 0 Å². The highest BCUT2D eigenvalue weighted by atomic mass is 16.5. The third-order valence-corrected chi connectivity index (χ3v) is 6.73. The van der Waals surface area contributed by atoms with Gasteiger partial charge < -0.3 is 24.5 Å². The monoisotopic (exact) mass is 425 g/mol. The maximum Gasteiger partial charge on any atom is 0.222 e. The van der Waals surface area contributed by atoms with Crippen LogP contribution in [0, 0.1) is 11.8 Å². The lowest BCUT2D eigenvalue weighted by atomic mass is 9.81. The smallest absolute Gasteiger partial charge is 0.222 e. The number of amides is 1. The summed E-state index contributed by atoms with van der Waals surface area (Å²) in [5.74, 6) is 2.00. The normalized spacial score (nSPS) is 22.5. The molecule has 1 aromatic carbocycles. The van der Waals surface area contributed by atoms with E-state index >= 15 is 0 Å². The number of aromatic nitrogens is 1. The van der Waals surface area contributed by atoms with Crippen molar-refractivity contribution in [2.24, 2.45) is 11.8 Å². The van der Waals surface area contributed by atoms with Gasteiger partial charge in [0.15, 0.2) is 5.76 Å². The minimum atomic E-state index is 0.315. The molecule has 2 fully saturated rings. The molecule has 2 saturated heterocycles. The summed E-state index contributed by atoms with van der Waals surface area (Å²) in [6, 6.07) is 12.4. The molecule has 7 nitrogen and oxygen atoms in total. The van der Waals surface area contributed by atoms with Crippen LogP contribution in [0.2, 0.25) is 0 Å². The van der Waals surface area contributed by atoms with Crippen LogP contribution in [0.15, 0.2) is 40.9 Å². The van der Waals surface area contributed by atoms with E-state index in [0.717, 1.165) is 69.3 Å². The van der Waals surface area contributed by atoms with E-state index in [1.54, 1.807) is 0 Å². The quantitative estimate of drug-likeness (QED) is 0.734. The van der Waals surface area contributed by atoms with Crippen LogP contribution in [0.25, 0.3) is 0 Å². The first kappa shape index (κ1) is 21.8. The molecule has 0 aliphatic carbocycles. The third-order valence-electron chi connectivity index (χ3n) is 6.73. The van der Waals surface area contributed by atoms with Gasteiger partial charge in [-0.15, -0.1) is 0 Å². The molecule has 1 N–H and O–H groups in total. The molecule has 7 heteroatoms. The number of benzene rings is 1. The fourth-order valence-corrected chi connectivity index (χ4v) is 4.70. The van der Waals surface area contributed by atoms with E-state index in [0.29, 0.717) is 30.7 Å². The molecule has 2 atom stereocenters. The summed E-state index contributed by atoms with van der Waals surface area (Å²) >= 11 is 0. The minimum absolute atomic E-state index is 0.315. The number of nitrogens with one attached hydrogen (secondary N) is 1. The van der Waals surface area contributed by atoms with Crippen LogP contribution in [0.4, 0.5) is 5.69 Å². The van der Waals surface area contributed by atoms with Gasteiger partial charge in [-0.25, -0.2) is 0 Å². The molecule has 0 unspecified atom stereocenters. The molecule has 0 spiro atoms. The first-order chi connectivity index (χ1) is 15.1. The molecule has 168 valence electrons. The number of nitrogens with zero attached hydrogens (tertiary/aromatic N) is 4. The predicted molar refractivity (Wildman–Crippen MR) is 122 cm³/mol. The van der Waals surface area contributed by atoms with Crippen LogP contribution >= 0.6 is 0 Å². The SMILES string of the molecule is CN1CCN(C(=O)C[C@@H]2CCNC[C@@H]2Cc2cc(CN(C)c3ccccc3)on2)CC1. The number of likely N-dealkylation sites (N-methyl/N-ethyl adjacent to an activating group) is 1. The summed E-state index contributed by atoms with van der Waals surface area (Å²) in [6.45, 7) is 6.27. The van der Waals surface area contributed by atoms with Gasteiger partial charge in [0.25, 0.3) is 0 Å². The second-order valence-electron chi connectivity index (χ2n) is 9.08. The number of hydrogen-bond acceptors (Lipinski definition) is 6. The molecule has 2 aliphatic rings. The zero-order valence-electron chi connectivity index (χ0n) is 18.8. The number of piperidine rings is 1. The Balaban J connectivity index is 1.32. The zero-order chi connectivity index (χ0) is 21.6. The molecular weight excluding hydrogens is 390 g/mol. The number of hydrogen-bond donors (Lipinski definition) is 1. The van der Waals surface area contributed by atoms with Crippen LogP contribution in [-0.2, 0) is 17.8 Å². The van der Waals surface area contributed by atoms with E-state index in [2.05, 4.69) is 52.6 Å². The average molecular weight is 426 g/mol. The molecule has 0 radical (unpaired) electrons. The van der Waals surface area contributed by atoms with Gasteiger partial charge in [0.1, 0.15) is 0 Å². The van der Waals surface area contributed by atoms with Crippen LogP contribution in [0.5, 0.6) is 0 Å². The number of anilines is 1. The molecule has 2 aromatic rings. The Morgan fingerprint density at radius 2 is 1.97 bits per heavy atom. The summed E-state index contributed by atoms with van der Waals surface area (Å²) in [5.41, 5.74) is 2.14. The van der Waals surface area contributed by atoms with Crippen LogP contribution < -0.4 is 10.2 Å². The highest BCUT2D eigenvalue weighted by molar-refractivity contribution is 5.76. The van der Waals surface area contributed by atoms with Crippen molar-refractivity contribution in [2.45, 2.75) is 25.8 Å². The fraction of sp³-hybridized carbons (Fsp3) is 0.583. The van der Waals surface area contributed by atoms with E-state index in [1.165, 1.54) is 0 Å². The number of carbonyl (C=O) groups excluding carboxylic acids is 1. The summed E-state index contributed by atoms with van der Waals surface area (Å²) in [6.07, 6.45) is 2.55. The molecule has 1 aromatic heterocycles. The Labute approximate surface area is 185 Å². The lowest BCUT2D eigenvalue weighted by molar-refractivity contribution is -0.134. The second-order valence-corrected chi connectivity index (χ2v) is 9.08. The van der Waals surface area contributed by atoms with Crippen molar-refractivity contribution in [3.63, 3.8) is 0 Å². The average Bonchev–Trinajstić information content (AvgIpc) is 3.23. The van der Waals surface area contributed by atoms with Gasteiger partial charge in [0.05, 0.1) is 12.2 Å². The first-order valence-electron chi connectivity index (χ1n) is 11.5. The predicted octanol–water partition coefficient (Wildman–Crippen LogP) is 2.24. The van der Waals surface area contributed by atoms with Crippen LogP contribution in [0.1, 0.15) is 24.3 Å². The summed E-state index contributed by atoms with van der Waals surface area (Å²) < 4.78 is 5.63. The largest absolute Gasteiger partial charge is 0.367 e. The van der Waals surface area contributed by atoms with E-state index in [-0.39, 0.29) is 0 Å². The Kier molecular flexibility index (Phi) is 7.25.